The van der Waals surface area contributed by atoms with Gasteiger partial charge >= 0.3 is 5.97 Å². The van der Waals surface area contributed by atoms with Crippen molar-refractivity contribution in [2.45, 2.75) is 70.1 Å². The molecule has 0 aliphatic carbocycles. The van der Waals surface area contributed by atoms with Gasteiger partial charge in [-0.05, 0) is 38.0 Å². The van der Waals surface area contributed by atoms with E-state index < -0.39 is 54.5 Å². The average molecular weight is 531 g/mol. The van der Waals surface area contributed by atoms with Crippen LogP contribution in [0.25, 0.3) is 0 Å². The molecule has 212 valence electrons. The average Bonchev–Trinajstić information content (AvgIpc) is 2.80. The van der Waals surface area contributed by atoms with Crippen molar-refractivity contribution < 1.29 is 29.4 Å². The van der Waals surface area contributed by atoms with Gasteiger partial charge in [-0.15, -0.1) is 0 Å². The number of aliphatic imine (C=N–C) groups is 2. The molecule has 0 fully saturated rings. The lowest BCUT2D eigenvalue weighted by atomic mass is 10.0. The predicted molar refractivity (Wildman–Crippen MR) is 138 cm³/mol. The Morgan fingerprint density at radius 2 is 1.22 bits per heavy atom. The number of aliphatic carboxylic acids is 1. The number of aliphatic hydroxyl groups is 1. The second-order valence-corrected chi connectivity index (χ2v) is 8.84. The van der Waals surface area contributed by atoms with E-state index in [-0.39, 0.29) is 50.2 Å². The normalized spacial score (nSPS) is 14.0. The number of nitrogens with two attached hydrogens (primary N) is 5. The van der Waals surface area contributed by atoms with Crippen molar-refractivity contribution in [3.8, 4) is 0 Å². The summed E-state index contributed by atoms with van der Waals surface area (Å²) in [5.74, 6) is -3.78. The number of carboxylic acid groups (broad SMARTS) is 1. The van der Waals surface area contributed by atoms with Gasteiger partial charge in [-0.1, -0.05) is 13.8 Å². The number of rotatable bonds is 18. The molecule has 3 amide bonds. The maximum Gasteiger partial charge on any atom is 0.326 e. The van der Waals surface area contributed by atoms with Crippen LogP contribution in [0, 0.1) is 5.92 Å². The lowest BCUT2D eigenvalue weighted by Gasteiger charge is -2.25. The fraction of sp³-hybridized carbons (Fsp3) is 0.714. The van der Waals surface area contributed by atoms with Crippen LogP contribution in [0.15, 0.2) is 9.98 Å². The molecule has 0 saturated heterocycles. The van der Waals surface area contributed by atoms with Crippen LogP contribution in [-0.2, 0) is 19.2 Å². The van der Waals surface area contributed by atoms with E-state index in [1.807, 2.05) is 13.8 Å². The molecule has 0 saturated carbocycles. The van der Waals surface area contributed by atoms with Crippen LogP contribution in [0.5, 0.6) is 0 Å². The van der Waals surface area contributed by atoms with E-state index in [4.69, 9.17) is 28.7 Å². The lowest BCUT2D eigenvalue weighted by molar-refractivity contribution is -0.142. The van der Waals surface area contributed by atoms with E-state index in [0.717, 1.165) is 0 Å². The van der Waals surface area contributed by atoms with E-state index in [0.29, 0.717) is 12.8 Å². The molecule has 0 aromatic rings. The topological polar surface area (TPSA) is 300 Å². The minimum Gasteiger partial charge on any atom is -0.480 e. The highest BCUT2D eigenvalue weighted by Gasteiger charge is 2.30. The first kappa shape index (κ1) is 33.3. The molecule has 16 nitrogen and oxygen atoms in total. The summed E-state index contributed by atoms with van der Waals surface area (Å²) in [6.45, 7) is 3.32. The molecule has 0 aromatic carbocycles. The maximum atomic E-state index is 12.9. The summed E-state index contributed by atoms with van der Waals surface area (Å²) in [5.41, 5.74) is 26.8. The monoisotopic (exact) mass is 530 g/mol. The highest BCUT2D eigenvalue weighted by atomic mass is 16.4. The van der Waals surface area contributed by atoms with Crippen molar-refractivity contribution in [1.82, 2.24) is 16.0 Å². The number of carbonyl (C=O) groups is 4. The fourth-order valence-corrected chi connectivity index (χ4v) is 3.13. The van der Waals surface area contributed by atoms with Crippen molar-refractivity contribution in [2.24, 2.45) is 44.6 Å². The first-order valence-electron chi connectivity index (χ1n) is 11.9. The van der Waals surface area contributed by atoms with E-state index in [1.54, 1.807) is 0 Å². The first-order chi connectivity index (χ1) is 17.3. The van der Waals surface area contributed by atoms with Gasteiger partial charge in [-0.25, -0.2) is 4.79 Å². The van der Waals surface area contributed by atoms with Gasteiger partial charge in [0.1, 0.15) is 18.1 Å². The number of hydrogen-bond donors (Lipinski definition) is 10. The SMILES string of the molecule is CC(C)CC(NC(=O)C(CO)NC(=O)C(N)CCCN=C(N)N)C(=O)NC(CCCN=C(N)N)C(=O)O. The van der Waals surface area contributed by atoms with Crippen molar-refractivity contribution in [3.05, 3.63) is 0 Å². The Kier molecular flexibility index (Phi) is 16.0. The van der Waals surface area contributed by atoms with Gasteiger partial charge in [-0.2, -0.15) is 0 Å². The number of guanidine groups is 2. The molecule has 16 heteroatoms. The Hall–Kier alpha value is -3.66. The van der Waals surface area contributed by atoms with Crippen LogP contribution in [0.1, 0.15) is 46.0 Å². The number of nitrogens with one attached hydrogen (secondary N) is 3. The highest BCUT2D eigenvalue weighted by molar-refractivity contribution is 5.94. The van der Waals surface area contributed by atoms with Crippen LogP contribution in [0.2, 0.25) is 0 Å². The summed E-state index contributed by atoms with van der Waals surface area (Å²) >= 11 is 0. The van der Waals surface area contributed by atoms with Crippen LogP contribution >= 0.6 is 0 Å². The minimum atomic E-state index is -1.38. The molecule has 0 heterocycles. The van der Waals surface area contributed by atoms with Crippen LogP contribution < -0.4 is 44.6 Å². The molecule has 0 rings (SSSR count). The summed E-state index contributed by atoms with van der Waals surface area (Å²) in [4.78, 5) is 57.1. The Morgan fingerprint density at radius 3 is 1.68 bits per heavy atom. The van der Waals surface area contributed by atoms with Crippen molar-refractivity contribution >= 4 is 35.6 Å². The van der Waals surface area contributed by atoms with Gasteiger partial charge in [0.25, 0.3) is 0 Å². The summed E-state index contributed by atoms with van der Waals surface area (Å²) in [5, 5.41) is 26.3. The van der Waals surface area contributed by atoms with Gasteiger partial charge in [0.05, 0.1) is 12.6 Å². The molecule has 37 heavy (non-hydrogen) atoms. The second-order valence-electron chi connectivity index (χ2n) is 8.84. The number of amides is 3. The molecule has 4 unspecified atom stereocenters. The zero-order chi connectivity index (χ0) is 28.5. The molecule has 15 N–H and O–H groups in total. The van der Waals surface area contributed by atoms with E-state index in [9.17, 15) is 29.4 Å². The highest BCUT2D eigenvalue weighted by Crippen LogP contribution is 2.08. The van der Waals surface area contributed by atoms with Crippen molar-refractivity contribution in [1.29, 1.82) is 0 Å². The molecule has 0 aliphatic rings. The number of carboxylic acids is 1. The van der Waals surface area contributed by atoms with Gasteiger partial charge in [0.2, 0.25) is 17.7 Å². The summed E-state index contributed by atoms with van der Waals surface area (Å²) < 4.78 is 0. The zero-order valence-corrected chi connectivity index (χ0v) is 21.4. The van der Waals surface area contributed by atoms with Crippen LogP contribution in [0.4, 0.5) is 0 Å². The molecule has 4 atom stereocenters. The standard InChI is InChI=1S/C21H42N10O6/c1-11(2)9-14(17(34)29-13(19(36)37)6-4-8-28-21(25)26)30-18(35)15(10-32)31-16(33)12(22)5-3-7-27-20(23)24/h11-15,32H,3-10,22H2,1-2H3,(H,29,34)(H,30,35)(H,31,33)(H,36,37)(H4,23,24,27)(H4,25,26,28). The molecule has 0 spiro atoms. The first-order valence-corrected chi connectivity index (χ1v) is 11.9. The third-order valence-electron chi connectivity index (χ3n) is 5.02. The number of carbonyl (C=O) groups excluding carboxylic acids is 3. The molecule has 0 aliphatic heterocycles. The van der Waals surface area contributed by atoms with Gasteiger partial charge < -0.3 is 54.8 Å². The van der Waals surface area contributed by atoms with Crippen LogP contribution in [0.3, 0.4) is 0 Å². The molecule has 0 aromatic heterocycles. The van der Waals surface area contributed by atoms with Crippen LogP contribution in [-0.4, -0.2) is 89.7 Å². The third-order valence-corrected chi connectivity index (χ3v) is 5.02. The number of aliphatic hydroxyl groups excluding tert-OH is 1. The fourth-order valence-electron chi connectivity index (χ4n) is 3.13. The van der Waals surface area contributed by atoms with E-state index in [2.05, 4.69) is 25.9 Å². The maximum absolute atomic E-state index is 12.9. The Balaban J connectivity index is 5.16. The Morgan fingerprint density at radius 1 is 0.757 bits per heavy atom. The molecular formula is C21H42N10O6. The molecule has 0 radical (unpaired) electrons. The third kappa shape index (κ3) is 15.1. The van der Waals surface area contributed by atoms with Crippen molar-refractivity contribution in [2.75, 3.05) is 19.7 Å². The number of nitrogens with zero attached hydrogens (tertiary/aromatic N) is 2. The van der Waals surface area contributed by atoms with E-state index in [1.165, 1.54) is 0 Å². The van der Waals surface area contributed by atoms with E-state index >= 15 is 0 Å². The number of hydrogen-bond acceptors (Lipinski definition) is 8. The molecular weight excluding hydrogens is 488 g/mol. The minimum absolute atomic E-state index is 0.0522. The van der Waals surface area contributed by atoms with Gasteiger partial charge in [-0.3, -0.25) is 24.4 Å². The summed E-state index contributed by atoms with van der Waals surface area (Å²) in [6.07, 6.45) is 1.16. The smallest absolute Gasteiger partial charge is 0.326 e. The van der Waals surface area contributed by atoms with Gasteiger partial charge in [0, 0.05) is 13.1 Å². The Bertz CT molecular complexity index is 812. The predicted octanol–water partition coefficient (Wildman–Crippen LogP) is -4.00. The second kappa shape index (κ2) is 17.7. The van der Waals surface area contributed by atoms with Gasteiger partial charge in [0.15, 0.2) is 11.9 Å². The lowest BCUT2D eigenvalue weighted by Crippen LogP contribution is -2.58. The quantitative estimate of drug-likeness (QED) is 0.0462. The van der Waals surface area contributed by atoms with Crippen molar-refractivity contribution in [3.63, 3.8) is 0 Å². The largest absolute Gasteiger partial charge is 0.480 e. The zero-order valence-electron chi connectivity index (χ0n) is 21.4. The Labute approximate surface area is 215 Å². The summed E-state index contributed by atoms with van der Waals surface area (Å²) in [6, 6.07) is -4.72. The summed E-state index contributed by atoms with van der Waals surface area (Å²) in [7, 11) is 0. The molecule has 0 bridgehead atoms.